The first-order valence-electron chi connectivity index (χ1n) is 12.1. The molecule has 182 valence electrons. The van der Waals surface area contributed by atoms with Crippen LogP contribution in [0.2, 0.25) is 0 Å². The second kappa shape index (κ2) is 11.2. The van der Waals surface area contributed by atoms with E-state index in [0.717, 1.165) is 29.0 Å². The van der Waals surface area contributed by atoms with Crippen LogP contribution in [0.1, 0.15) is 34.3 Å². The number of nitrogens with zero attached hydrogens (tertiary/aromatic N) is 3. The van der Waals surface area contributed by atoms with Crippen LogP contribution < -0.4 is 5.32 Å². The number of amides is 2. The highest BCUT2D eigenvalue weighted by molar-refractivity contribution is 7.13. The number of nitrogens with one attached hydrogen (secondary N) is 1. The van der Waals surface area contributed by atoms with Gasteiger partial charge < -0.3 is 10.2 Å². The van der Waals surface area contributed by atoms with Crippen molar-refractivity contribution in [2.75, 3.05) is 13.1 Å². The summed E-state index contributed by atoms with van der Waals surface area (Å²) in [6.45, 7) is 1.91. The molecule has 0 aliphatic carbocycles. The van der Waals surface area contributed by atoms with Gasteiger partial charge in [0.15, 0.2) is 0 Å². The van der Waals surface area contributed by atoms with Crippen molar-refractivity contribution in [3.8, 4) is 10.6 Å². The number of piperidine rings is 1. The fourth-order valence-electron chi connectivity index (χ4n) is 4.38. The summed E-state index contributed by atoms with van der Waals surface area (Å²) in [6.07, 6.45) is 7.00. The summed E-state index contributed by atoms with van der Waals surface area (Å²) in [5.41, 5.74) is 3.64. The summed E-state index contributed by atoms with van der Waals surface area (Å²) >= 11 is 1.64. The Bertz CT molecular complexity index is 1320. The zero-order valence-electron chi connectivity index (χ0n) is 19.9. The third-order valence-corrected chi connectivity index (χ3v) is 7.19. The van der Waals surface area contributed by atoms with Crippen LogP contribution in [0.3, 0.4) is 0 Å². The standard InChI is InChI=1S/C29H28N4O2S/c34-27(32-17-15-25(16-18-32)30-29(35)23-10-5-2-6-11-23)14-13-24-21-33(20-22-8-3-1-4-9-22)31-28(24)26-12-7-19-36-26/h1-14,19,21,25H,15-18,20H2,(H,30,35)/b14-13+. The van der Waals surface area contributed by atoms with E-state index in [0.29, 0.717) is 25.2 Å². The Morgan fingerprint density at radius 1 is 0.972 bits per heavy atom. The molecule has 0 unspecified atom stereocenters. The number of thiophene rings is 1. The van der Waals surface area contributed by atoms with Gasteiger partial charge in [-0.1, -0.05) is 54.6 Å². The summed E-state index contributed by atoms with van der Waals surface area (Å²) in [6, 6.07) is 23.6. The number of carbonyl (C=O) groups is 2. The van der Waals surface area contributed by atoms with Gasteiger partial charge in [-0.25, -0.2) is 0 Å². The average molecular weight is 497 g/mol. The van der Waals surface area contributed by atoms with Gasteiger partial charge in [0, 0.05) is 42.5 Å². The van der Waals surface area contributed by atoms with Crippen molar-refractivity contribution in [1.29, 1.82) is 0 Å². The molecular formula is C29H28N4O2S. The summed E-state index contributed by atoms with van der Waals surface area (Å²) in [4.78, 5) is 28.3. The van der Waals surface area contributed by atoms with Gasteiger partial charge in [-0.2, -0.15) is 5.10 Å². The SMILES string of the molecule is O=C(NC1CCN(C(=O)/C=C/c2cn(Cc3ccccc3)nc2-c2cccs2)CC1)c1ccccc1. The summed E-state index contributed by atoms with van der Waals surface area (Å²) < 4.78 is 1.93. The summed E-state index contributed by atoms with van der Waals surface area (Å²) in [5, 5.41) is 9.94. The van der Waals surface area contributed by atoms with Crippen LogP contribution in [0.4, 0.5) is 0 Å². The van der Waals surface area contributed by atoms with Crippen molar-refractivity contribution in [3.05, 3.63) is 107 Å². The smallest absolute Gasteiger partial charge is 0.251 e. The highest BCUT2D eigenvalue weighted by atomic mass is 32.1. The molecule has 4 aromatic rings. The Labute approximate surface area is 214 Å². The maximum Gasteiger partial charge on any atom is 0.251 e. The predicted octanol–water partition coefficient (Wildman–Crippen LogP) is 5.09. The molecule has 3 heterocycles. The molecule has 36 heavy (non-hydrogen) atoms. The minimum absolute atomic E-state index is 0.0178. The average Bonchev–Trinajstić information content (AvgIpc) is 3.59. The molecular weight excluding hydrogens is 468 g/mol. The Kier molecular flexibility index (Phi) is 7.38. The van der Waals surface area contributed by atoms with E-state index in [2.05, 4.69) is 17.4 Å². The molecule has 1 N–H and O–H groups in total. The van der Waals surface area contributed by atoms with Crippen molar-refractivity contribution < 1.29 is 9.59 Å². The van der Waals surface area contributed by atoms with Crippen LogP contribution in [0.15, 0.2) is 90.4 Å². The fraction of sp³-hybridized carbons (Fsp3) is 0.207. The van der Waals surface area contributed by atoms with Crippen LogP contribution in [-0.4, -0.2) is 45.6 Å². The molecule has 7 heteroatoms. The number of hydrogen-bond donors (Lipinski definition) is 1. The molecule has 0 spiro atoms. The molecule has 1 aliphatic heterocycles. The van der Waals surface area contributed by atoms with E-state index in [1.807, 2.05) is 87.9 Å². The maximum atomic E-state index is 12.9. The van der Waals surface area contributed by atoms with E-state index in [4.69, 9.17) is 5.10 Å². The normalized spacial score (nSPS) is 14.3. The lowest BCUT2D eigenvalue weighted by Gasteiger charge is -2.31. The number of rotatable bonds is 7. The van der Waals surface area contributed by atoms with Gasteiger partial charge in [-0.05, 0) is 48.1 Å². The second-order valence-electron chi connectivity index (χ2n) is 8.87. The molecule has 0 radical (unpaired) electrons. The van der Waals surface area contributed by atoms with Crippen LogP contribution in [-0.2, 0) is 11.3 Å². The van der Waals surface area contributed by atoms with E-state index in [1.165, 1.54) is 5.56 Å². The summed E-state index contributed by atoms with van der Waals surface area (Å²) in [7, 11) is 0. The quantitative estimate of drug-likeness (QED) is 0.362. The Morgan fingerprint density at radius 2 is 1.69 bits per heavy atom. The third kappa shape index (κ3) is 5.80. The number of hydrogen-bond acceptors (Lipinski definition) is 4. The van der Waals surface area contributed by atoms with Gasteiger partial charge in [0.1, 0.15) is 5.69 Å². The van der Waals surface area contributed by atoms with Crippen LogP contribution in [0.5, 0.6) is 0 Å². The van der Waals surface area contributed by atoms with E-state index in [1.54, 1.807) is 17.4 Å². The van der Waals surface area contributed by atoms with Gasteiger partial charge in [-0.15, -0.1) is 11.3 Å². The lowest BCUT2D eigenvalue weighted by molar-refractivity contribution is -0.126. The van der Waals surface area contributed by atoms with Gasteiger partial charge >= 0.3 is 0 Å². The van der Waals surface area contributed by atoms with Crippen molar-refractivity contribution in [1.82, 2.24) is 20.0 Å². The van der Waals surface area contributed by atoms with E-state index in [9.17, 15) is 9.59 Å². The van der Waals surface area contributed by atoms with E-state index in [-0.39, 0.29) is 17.9 Å². The van der Waals surface area contributed by atoms with Crippen LogP contribution in [0.25, 0.3) is 16.6 Å². The molecule has 2 amide bonds. The largest absolute Gasteiger partial charge is 0.349 e. The zero-order valence-corrected chi connectivity index (χ0v) is 20.7. The monoisotopic (exact) mass is 496 g/mol. The third-order valence-electron chi connectivity index (χ3n) is 6.32. The van der Waals surface area contributed by atoms with Crippen LogP contribution in [0, 0.1) is 0 Å². The van der Waals surface area contributed by atoms with Gasteiger partial charge in [0.25, 0.3) is 5.91 Å². The van der Waals surface area contributed by atoms with Gasteiger partial charge in [0.2, 0.25) is 5.91 Å². The van der Waals surface area contributed by atoms with Crippen LogP contribution >= 0.6 is 11.3 Å². The first-order chi connectivity index (χ1) is 17.7. The minimum Gasteiger partial charge on any atom is -0.349 e. The lowest BCUT2D eigenvalue weighted by Crippen LogP contribution is -2.46. The first kappa shape index (κ1) is 23.8. The summed E-state index contributed by atoms with van der Waals surface area (Å²) in [5.74, 6) is -0.0790. The van der Waals surface area contributed by atoms with Crippen molar-refractivity contribution >= 4 is 29.2 Å². The van der Waals surface area contributed by atoms with E-state index >= 15 is 0 Å². The number of benzene rings is 2. The Balaban J connectivity index is 1.22. The second-order valence-corrected chi connectivity index (χ2v) is 9.81. The maximum absolute atomic E-state index is 12.9. The van der Waals surface area contributed by atoms with Crippen molar-refractivity contribution in [2.45, 2.75) is 25.4 Å². The lowest BCUT2D eigenvalue weighted by atomic mass is 10.0. The van der Waals surface area contributed by atoms with E-state index < -0.39 is 0 Å². The van der Waals surface area contributed by atoms with Gasteiger partial charge in [0.05, 0.1) is 11.4 Å². The fourth-order valence-corrected chi connectivity index (χ4v) is 5.12. The Morgan fingerprint density at radius 3 is 2.39 bits per heavy atom. The molecule has 1 fully saturated rings. The molecule has 0 atom stereocenters. The first-order valence-corrected chi connectivity index (χ1v) is 13.0. The Hall–Kier alpha value is -3.97. The number of aromatic nitrogens is 2. The highest BCUT2D eigenvalue weighted by Gasteiger charge is 2.23. The molecule has 6 nitrogen and oxygen atoms in total. The number of likely N-dealkylation sites (tertiary alicyclic amines) is 1. The van der Waals surface area contributed by atoms with Gasteiger partial charge in [-0.3, -0.25) is 14.3 Å². The molecule has 0 saturated carbocycles. The number of carbonyl (C=O) groups excluding carboxylic acids is 2. The minimum atomic E-state index is -0.0612. The molecule has 2 aromatic carbocycles. The topological polar surface area (TPSA) is 67.2 Å². The molecule has 1 saturated heterocycles. The molecule has 5 rings (SSSR count). The molecule has 0 bridgehead atoms. The zero-order chi connectivity index (χ0) is 24.7. The highest BCUT2D eigenvalue weighted by Crippen LogP contribution is 2.28. The molecule has 2 aromatic heterocycles. The van der Waals surface area contributed by atoms with Crippen molar-refractivity contribution in [2.24, 2.45) is 0 Å². The molecule has 1 aliphatic rings. The van der Waals surface area contributed by atoms with Crippen molar-refractivity contribution in [3.63, 3.8) is 0 Å². The predicted molar refractivity (Wildman–Crippen MR) is 144 cm³/mol.